The van der Waals surface area contributed by atoms with Gasteiger partial charge in [0.2, 0.25) is 5.91 Å². The van der Waals surface area contributed by atoms with E-state index in [4.69, 9.17) is 15.2 Å². The molecule has 2 aromatic rings. The lowest BCUT2D eigenvalue weighted by Gasteiger charge is -2.52. The zero-order valence-corrected chi connectivity index (χ0v) is 21.7. The summed E-state index contributed by atoms with van der Waals surface area (Å²) in [6.45, 7) is 5.52. The second kappa shape index (κ2) is 9.39. The number of carbonyl (C=O) groups is 3. The Balaban J connectivity index is 1.31. The summed E-state index contributed by atoms with van der Waals surface area (Å²) < 4.78 is 11.4. The molecule has 0 spiro atoms. The molecule has 3 amide bonds. The third-order valence-corrected chi connectivity index (χ3v) is 7.79. The van der Waals surface area contributed by atoms with Crippen molar-refractivity contribution in [1.29, 1.82) is 0 Å². The van der Waals surface area contributed by atoms with Crippen molar-refractivity contribution in [2.24, 2.45) is 5.73 Å². The minimum absolute atomic E-state index is 0.0282. The molecule has 2 saturated heterocycles. The number of carbonyl (C=O) groups excluding carboxylic acids is 3. The third-order valence-electron chi connectivity index (χ3n) is 7.79. The first kappa shape index (κ1) is 25.1. The van der Waals surface area contributed by atoms with Gasteiger partial charge >= 0.3 is 12.2 Å². The van der Waals surface area contributed by atoms with Crippen LogP contribution in [0.25, 0.3) is 11.1 Å². The van der Waals surface area contributed by atoms with Crippen molar-refractivity contribution in [1.82, 2.24) is 10.2 Å². The summed E-state index contributed by atoms with van der Waals surface area (Å²) in [6.07, 6.45) is 1.78. The number of nitrogens with zero attached hydrogens (tertiary/aromatic N) is 1. The number of amides is 3. The van der Waals surface area contributed by atoms with Gasteiger partial charge < -0.3 is 25.4 Å². The van der Waals surface area contributed by atoms with Crippen LogP contribution in [0.1, 0.15) is 69.9 Å². The van der Waals surface area contributed by atoms with Gasteiger partial charge in [0.25, 0.3) is 0 Å². The van der Waals surface area contributed by atoms with Crippen molar-refractivity contribution in [2.45, 2.75) is 82.0 Å². The van der Waals surface area contributed by atoms with Gasteiger partial charge in [0.05, 0.1) is 0 Å². The molecule has 8 nitrogen and oxygen atoms in total. The number of hydrogen-bond donors (Lipinski definition) is 2. The van der Waals surface area contributed by atoms with Gasteiger partial charge in [0.1, 0.15) is 17.7 Å². The molecular weight excluding hydrogens is 470 g/mol. The van der Waals surface area contributed by atoms with Gasteiger partial charge in [-0.15, -0.1) is 0 Å². The third kappa shape index (κ3) is 4.77. The molecule has 2 aliphatic heterocycles. The molecule has 37 heavy (non-hydrogen) atoms. The highest BCUT2D eigenvalue weighted by atomic mass is 16.6. The molecular formula is C29H35N3O5. The lowest BCUT2D eigenvalue weighted by atomic mass is 9.73. The van der Waals surface area contributed by atoms with Crippen molar-refractivity contribution >= 4 is 18.1 Å². The van der Waals surface area contributed by atoms with Gasteiger partial charge in [-0.25, -0.2) is 9.59 Å². The van der Waals surface area contributed by atoms with E-state index >= 15 is 0 Å². The lowest BCUT2D eigenvalue weighted by Crippen LogP contribution is -2.69. The van der Waals surface area contributed by atoms with Crippen molar-refractivity contribution in [2.75, 3.05) is 6.61 Å². The van der Waals surface area contributed by atoms with E-state index in [-0.39, 0.29) is 43.5 Å². The Labute approximate surface area is 217 Å². The molecule has 2 unspecified atom stereocenters. The van der Waals surface area contributed by atoms with E-state index in [9.17, 15) is 14.4 Å². The number of ether oxygens (including phenoxy) is 2. The fourth-order valence-corrected chi connectivity index (χ4v) is 6.28. The van der Waals surface area contributed by atoms with E-state index in [1.165, 1.54) is 11.1 Å². The van der Waals surface area contributed by atoms with Gasteiger partial charge in [0, 0.05) is 30.8 Å². The number of nitrogens with one attached hydrogen (secondary N) is 1. The predicted molar refractivity (Wildman–Crippen MR) is 139 cm³/mol. The summed E-state index contributed by atoms with van der Waals surface area (Å²) in [7, 11) is 0. The largest absolute Gasteiger partial charge is 0.448 e. The number of primary amides is 1. The number of hydrogen-bond acceptors (Lipinski definition) is 5. The molecule has 2 aromatic carbocycles. The molecule has 2 fully saturated rings. The molecule has 3 N–H and O–H groups in total. The Bertz CT molecular complexity index is 1160. The Morgan fingerprint density at radius 3 is 2.03 bits per heavy atom. The van der Waals surface area contributed by atoms with Crippen LogP contribution in [0.3, 0.4) is 0 Å². The maximum absolute atomic E-state index is 13.5. The minimum Gasteiger partial charge on any atom is -0.448 e. The number of fused-ring (bicyclic) bond motifs is 5. The second-order valence-electron chi connectivity index (χ2n) is 11.4. The summed E-state index contributed by atoms with van der Waals surface area (Å²) in [5.41, 5.74) is 8.52. The van der Waals surface area contributed by atoms with E-state index < -0.39 is 23.1 Å². The van der Waals surface area contributed by atoms with Crippen molar-refractivity contribution in [3.63, 3.8) is 0 Å². The van der Waals surface area contributed by atoms with E-state index in [0.29, 0.717) is 12.8 Å². The van der Waals surface area contributed by atoms with Gasteiger partial charge in [-0.05, 0) is 62.3 Å². The first-order valence-corrected chi connectivity index (χ1v) is 13.0. The summed E-state index contributed by atoms with van der Waals surface area (Å²) in [4.78, 5) is 40.4. The van der Waals surface area contributed by atoms with Crippen LogP contribution in [0.15, 0.2) is 48.5 Å². The highest BCUT2D eigenvalue weighted by molar-refractivity contribution is 5.89. The van der Waals surface area contributed by atoms with Gasteiger partial charge in [-0.2, -0.15) is 0 Å². The van der Waals surface area contributed by atoms with E-state index in [0.717, 1.165) is 17.5 Å². The molecule has 0 aromatic heterocycles. The molecule has 2 atom stereocenters. The zero-order valence-electron chi connectivity index (χ0n) is 21.7. The molecule has 3 aliphatic rings. The maximum atomic E-state index is 13.5. The van der Waals surface area contributed by atoms with E-state index in [2.05, 4.69) is 29.6 Å². The maximum Gasteiger partial charge on any atom is 0.410 e. The Hall–Kier alpha value is -3.55. The zero-order chi connectivity index (χ0) is 26.4. The van der Waals surface area contributed by atoms with Crippen LogP contribution in [0.4, 0.5) is 9.59 Å². The molecule has 5 rings (SSSR count). The van der Waals surface area contributed by atoms with Gasteiger partial charge in [0.15, 0.2) is 0 Å². The minimum atomic E-state index is -1.27. The summed E-state index contributed by atoms with van der Waals surface area (Å²) in [6, 6.07) is 15.9. The average molecular weight is 506 g/mol. The molecule has 1 aliphatic carbocycles. The molecule has 0 radical (unpaired) electrons. The van der Waals surface area contributed by atoms with E-state index in [1.807, 2.05) is 24.3 Å². The highest BCUT2D eigenvalue weighted by Crippen LogP contribution is 2.45. The molecule has 2 heterocycles. The molecule has 8 heteroatoms. The number of rotatable bonds is 4. The normalized spacial score (nSPS) is 24.6. The van der Waals surface area contributed by atoms with Crippen LogP contribution < -0.4 is 11.1 Å². The first-order valence-electron chi connectivity index (χ1n) is 13.0. The molecule has 2 bridgehead atoms. The Morgan fingerprint density at radius 2 is 1.51 bits per heavy atom. The van der Waals surface area contributed by atoms with Gasteiger partial charge in [-0.1, -0.05) is 48.5 Å². The predicted octanol–water partition coefficient (Wildman–Crippen LogP) is 4.70. The Kier molecular flexibility index (Phi) is 6.38. The number of nitrogens with two attached hydrogens (primary N) is 1. The topological polar surface area (TPSA) is 111 Å². The fraction of sp³-hybridized carbons (Fsp3) is 0.483. The van der Waals surface area contributed by atoms with Gasteiger partial charge in [-0.3, -0.25) is 4.79 Å². The molecule has 0 saturated carbocycles. The van der Waals surface area contributed by atoms with Crippen LogP contribution in [-0.4, -0.2) is 52.8 Å². The average Bonchev–Trinajstić information content (AvgIpc) is 3.14. The SMILES string of the molecule is CC(C)(C)OC(=O)NC1(C(N)=O)CC2CCCC(C1)N2C(=O)OCC1c2ccccc2-c2ccccc21. The second-order valence-corrected chi connectivity index (χ2v) is 11.4. The van der Waals surface area contributed by atoms with Crippen LogP contribution in [0.2, 0.25) is 0 Å². The van der Waals surface area contributed by atoms with Crippen molar-refractivity contribution in [3.05, 3.63) is 59.7 Å². The standard InChI is InChI=1S/C29H35N3O5/c1-28(2,3)37-26(34)31-29(25(30)33)15-18-9-8-10-19(16-29)32(18)27(35)36-17-24-22-13-6-4-11-20(22)21-12-5-7-14-23(21)24/h4-7,11-14,18-19,24H,8-10,15-17H2,1-3H3,(H2,30,33)(H,31,34). The number of piperidine rings is 2. The quantitative estimate of drug-likeness (QED) is 0.626. The fourth-order valence-electron chi connectivity index (χ4n) is 6.28. The highest BCUT2D eigenvalue weighted by Gasteiger charge is 2.53. The van der Waals surface area contributed by atoms with Crippen LogP contribution in [0, 0.1) is 0 Å². The first-order chi connectivity index (χ1) is 17.6. The lowest BCUT2D eigenvalue weighted by molar-refractivity contribution is -0.129. The summed E-state index contributed by atoms with van der Waals surface area (Å²) >= 11 is 0. The summed E-state index contributed by atoms with van der Waals surface area (Å²) in [5, 5.41) is 2.76. The van der Waals surface area contributed by atoms with Crippen LogP contribution in [0.5, 0.6) is 0 Å². The summed E-state index contributed by atoms with van der Waals surface area (Å²) in [5.74, 6) is -0.637. The van der Waals surface area contributed by atoms with Crippen molar-refractivity contribution < 1.29 is 23.9 Å². The number of alkyl carbamates (subject to hydrolysis) is 1. The molecule has 196 valence electrons. The van der Waals surface area contributed by atoms with Crippen molar-refractivity contribution in [3.8, 4) is 11.1 Å². The van der Waals surface area contributed by atoms with E-state index in [1.54, 1.807) is 25.7 Å². The van der Waals surface area contributed by atoms with Crippen LogP contribution in [-0.2, 0) is 14.3 Å². The Morgan fingerprint density at radius 1 is 0.973 bits per heavy atom. The number of benzene rings is 2. The van der Waals surface area contributed by atoms with Crippen LogP contribution >= 0.6 is 0 Å². The monoisotopic (exact) mass is 505 g/mol. The smallest absolute Gasteiger partial charge is 0.410 e.